The first-order chi connectivity index (χ1) is 14.2. The topological polar surface area (TPSA) is 77.1 Å². The number of hydrogen-bond donors (Lipinski definition) is 0. The Bertz CT molecular complexity index is 1160. The number of rotatable bonds is 6. The van der Waals surface area contributed by atoms with Crippen LogP contribution in [0.4, 0.5) is 0 Å². The zero-order valence-corrected chi connectivity index (χ0v) is 17.5. The summed E-state index contributed by atoms with van der Waals surface area (Å²) in [7, 11) is 3.18. The monoisotopic (exact) mass is 409 g/mol. The van der Waals surface area contributed by atoms with Crippen LogP contribution in [0.1, 0.15) is 36.1 Å². The molecule has 1 aliphatic rings. The fourth-order valence-corrected chi connectivity index (χ4v) is 5.21. The van der Waals surface area contributed by atoms with Crippen molar-refractivity contribution in [3.05, 3.63) is 39.0 Å². The quantitative estimate of drug-likeness (QED) is 0.567. The molecule has 0 spiro atoms. The first-order valence-electron chi connectivity index (χ1n) is 9.82. The predicted octanol–water partition coefficient (Wildman–Crippen LogP) is 4.32. The van der Waals surface area contributed by atoms with Crippen molar-refractivity contribution in [2.75, 3.05) is 14.2 Å². The Morgan fingerprint density at radius 1 is 1.21 bits per heavy atom. The second-order valence-corrected chi connectivity index (χ2v) is 8.20. The molecule has 0 amide bonds. The van der Waals surface area contributed by atoms with Crippen molar-refractivity contribution < 1.29 is 9.47 Å². The third-order valence-electron chi connectivity index (χ3n) is 5.39. The van der Waals surface area contributed by atoms with Crippen molar-refractivity contribution in [2.45, 2.75) is 45.1 Å². The van der Waals surface area contributed by atoms with Gasteiger partial charge in [0.2, 0.25) is 0 Å². The molecule has 0 aliphatic heterocycles. The van der Waals surface area contributed by atoms with Gasteiger partial charge in [-0.1, -0.05) is 0 Å². The molecule has 1 aromatic carbocycles. The smallest absolute Gasteiger partial charge is 0.262 e. The molecule has 0 fully saturated rings. The van der Waals surface area contributed by atoms with Crippen LogP contribution in [0.15, 0.2) is 23.0 Å². The van der Waals surface area contributed by atoms with Crippen LogP contribution in [0.25, 0.3) is 21.6 Å². The Labute approximate surface area is 173 Å². The highest BCUT2D eigenvalue weighted by molar-refractivity contribution is 7.18. The normalized spacial score (nSPS) is 13.1. The van der Waals surface area contributed by atoms with Crippen LogP contribution in [-0.4, -0.2) is 23.8 Å². The minimum Gasteiger partial charge on any atom is -0.493 e. The minimum atomic E-state index is -0.00266. The van der Waals surface area contributed by atoms with E-state index >= 15 is 0 Å². The molecule has 0 bridgehead atoms. The summed E-state index contributed by atoms with van der Waals surface area (Å²) in [5.41, 5.74) is 1.98. The number of benzene rings is 1. The van der Waals surface area contributed by atoms with Crippen molar-refractivity contribution in [3.63, 3.8) is 0 Å². The summed E-state index contributed by atoms with van der Waals surface area (Å²) in [4.78, 5) is 20.5. The molecule has 0 saturated carbocycles. The van der Waals surface area contributed by atoms with Crippen LogP contribution in [0.2, 0.25) is 0 Å². The maximum absolute atomic E-state index is 13.5. The van der Waals surface area contributed by atoms with E-state index in [0.717, 1.165) is 35.0 Å². The number of ether oxygens (including phenoxy) is 2. The van der Waals surface area contributed by atoms with Gasteiger partial charge in [0.05, 0.1) is 25.7 Å². The van der Waals surface area contributed by atoms with Gasteiger partial charge in [-0.15, -0.1) is 11.3 Å². The van der Waals surface area contributed by atoms with Gasteiger partial charge in [0.1, 0.15) is 10.7 Å². The number of nitriles is 1. The van der Waals surface area contributed by atoms with Gasteiger partial charge in [-0.05, 0) is 55.9 Å². The highest BCUT2D eigenvalue weighted by atomic mass is 32.1. The van der Waals surface area contributed by atoms with Crippen LogP contribution in [0.5, 0.6) is 11.5 Å². The Morgan fingerprint density at radius 3 is 2.76 bits per heavy atom. The number of methoxy groups -OCH3 is 2. The molecule has 0 N–H and O–H groups in total. The summed E-state index contributed by atoms with van der Waals surface area (Å²) in [6.07, 6.45) is 5.26. The van der Waals surface area contributed by atoms with Crippen LogP contribution >= 0.6 is 11.3 Å². The summed E-state index contributed by atoms with van der Waals surface area (Å²) in [6, 6.07) is 7.72. The number of unbranched alkanes of at least 4 members (excludes halogenated alkanes) is 1. The molecule has 6 nitrogen and oxygen atoms in total. The molecule has 0 saturated heterocycles. The van der Waals surface area contributed by atoms with Gasteiger partial charge < -0.3 is 9.47 Å². The second kappa shape index (κ2) is 8.26. The Morgan fingerprint density at radius 2 is 2.00 bits per heavy atom. The fraction of sp³-hybridized carbons (Fsp3) is 0.409. The van der Waals surface area contributed by atoms with Crippen molar-refractivity contribution in [1.82, 2.24) is 9.55 Å². The SMILES string of the molecule is COc1ccc(-c2nc3sc4c(c3c(=O)n2CCCC#N)CCCC4)cc1OC. The zero-order chi connectivity index (χ0) is 20.4. The summed E-state index contributed by atoms with van der Waals surface area (Å²) >= 11 is 1.64. The van der Waals surface area contributed by atoms with Gasteiger partial charge in [0.15, 0.2) is 11.5 Å². The first kappa shape index (κ1) is 19.5. The minimum absolute atomic E-state index is 0.00266. The van der Waals surface area contributed by atoms with Crippen molar-refractivity contribution in [3.8, 4) is 29.0 Å². The standard InChI is InChI=1S/C22H23N3O3S/c1-27-16-10-9-14(13-17(16)28-2)20-24-21-19(15-7-3-4-8-18(15)29-21)22(26)25(20)12-6-5-11-23/h9-10,13H,3-8,12H2,1-2H3. The molecule has 3 aromatic rings. The molecule has 2 heterocycles. The van der Waals surface area contributed by atoms with Gasteiger partial charge in [-0.25, -0.2) is 4.98 Å². The van der Waals surface area contributed by atoms with Gasteiger partial charge in [0.25, 0.3) is 5.56 Å². The number of hydrogen-bond acceptors (Lipinski definition) is 6. The Hall–Kier alpha value is -2.85. The van der Waals surface area contributed by atoms with Crippen molar-refractivity contribution in [1.29, 1.82) is 5.26 Å². The second-order valence-electron chi connectivity index (χ2n) is 7.11. The highest BCUT2D eigenvalue weighted by Crippen LogP contribution is 2.36. The van der Waals surface area contributed by atoms with E-state index in [1.165, 1.54) is 16.9 Å². The molecular formula is C22H23N3O3S. The van der Waals surface area contributed by atoms with Crippen molar-refractivity contribution >= 4 is 21.6 Å². The molecule has 0 radical (unpaired) electrons. The van der Waals surface area contributed by atoms with Gasteiger partial charge in [-0.3, -0.25) is 9.36 Å². The fourth-order valence-electron chi connectivity index (χ4n) is 3.96. The van der Waals surface area contributed by atoms with E-state index in [4.69, 9.17) is 19.7 Å². The summed E-state index contributed by atoms with van der Waals surface area (Å²) < 4.78 is 12.5. The van der Waals surface area contributed by atoms with E-state index in [0.29, 0.717) is 36.7 Å². The van der Waals surface area contributed by atoms with Crippen LogP contribution < -0.4 is 15.0 Å². The van der Waals surface area contributed by atoms with Gasteiger partial charge >= 0.3 is 0 Å². The molecule has 7 heteroatoms. The third kappa shape index (κ3) is 3.49. The molecule has 0 atom stereocenters. The first-order valence-corrected chi connectivity index (χ1v) is 10.6. The van der Waals surface area contributed by atoms with Gasteiger partial charge in [0, 0.05) is 23.4 Å². The van der Waals surface area contributed by atoms with Crippen LogP contribution in [0, 0.1) is 11.3 Å². The molecule has 1 aliphatic carbocycles. The largest absolute Gasteiger partial charge is 0.493 e. The van der Waals surface area contributed by atoms with E-state index < -0.39 is 0 Å². The molecule has 2 aromatic heterocycles. The molecule has 4 rings (SSSR count). The lowest BCUT2D eigenvalue weighted by Gasteiger charge is -2.15. The van der Waals surface area contributed by atoms with Crippen molar-refractivity contribution in [2.24, 2.45) is 0 Å². The lowest BCUT2D eigenvalue weighted by Crippen LogP contribution is -2.24. The van der Waals surface area contributed by atoms with E-state index in [-0.39, 0.29) is 5.56 Å². The number of nitrogens with zero attached hydrogens (tertiary/aromatic N) is 3. The maximum atomic E-state index is 13.5. The lowest BCUT2D eigenvalue weighted by atomic mass is 9.97. The highest BCUT2D eigenvalue weighted by Gasteiger charge is 2.23. The van der Waals surface area contributed by atoms with Crippen LogP contribution in [0.3, 0.4) is 0 Å². The number of fused-ring (bicyclic) bond motifs is 3. The van der Waals surface area contributed by atoms with E-state index in [1.54, 1.807) is 30.1 Å². The predicted molar refractivity (Wildman–Crippen MR) is 114 cm³/mol. The Balaban J connectivity index is 1.93. The number of aromatic nitrogens is 2. The average molecular weight is 410 g/mol. The summed E-state index contributed by atoms with van der Waals surface area (Å²) in [6.45, 7) is 0.462. The average Bonchev–Trinajstić information content (AvgIpc) is 3.13. The van der Waals surface area contributed by atoms with E-state index in [2.05, 4.69) is 6.07 Å². The Kier molecular flexibility index (Phi) is 5.54. The molecule has 0 unspecified atom stereocenters. The molecule has 29 heavy (non-hydrogen) atoms. The zero-order valence-electron chi connectivity index (χ0n) is 16.7. The van der Waals surface area contributed by atoms with Gasteiger partial charge in [-0.2, -0.15) is 5.26 Å². The third-order valence-corrected chi connectivity index (χ3v) is 6.57. The summed E-state index contributed by atoms with van der Waals surface area (Å²) in [5, 5.41) is 9.71. The number of thiophene rings is 1. The summed E-state index contributed by atoms with van der Waals surface area (Å²) in [5.74, 6) is 1.83. The maximum Gasteiger partial charge on any atom is 0.262 e. The lowest BCUT2D eigenvalue weighted by molar-refractivity contribution is 0.355. The van der Waals surface area contributed by atoms with E-state index in [1.807, 2.05) is 18.2 Å². The number of aryl methyl sites for hydroxylation is 2. The molecular weight excluding hydrogens is 386 g/mol. The van der Waals surface area contributed by atoms with E-state index in [9.17, 15) is 4.79 Å². The van der Waals surface area contributed by atoms with Crippen LogP contribution in [-0.2, 0) is 19.4 Å². The molecule has 150 valence electrons.